The lowest BCUT2D eigenvalue weighted by Crippen LogP contribution is -2.20. The zero-order valence-electron chi connectivity index (χ0n) is 11.4. The summed E-state index contributed by atoms with van der Waals surface area (Å²) in [6, 6.07) is 7.79. The van der Waals surface area contributed by atoms with Crippen molar-refractivity contribution < 1.29 is 14.3 Å². The molecule has 0 saturated carbocycles. The molecule has 2 heterocycles. The molecule has 0 amide bonds. The SMILES string of the molecule is CC(C)OC(=O)c1cncn1[C@@H]1COc2ccccc21. The third kappa shape index (κ3) is 2.15. The molecule has 0 unspecified atom stereocenters. The maximum atomic E-state index is 12.1. The van der Waals surface area contributed by atoms with Crippen molar-refractivity contribution in [1.29, 1.82) is 0 Å². The summed E-state index contributed by atoms with van der Waals surface area (Å²) in [6.45, 7) is 4.15. The number of carbonyl (C=O) groups is 1. The van der Waals surface area contributed by atoms with Gasteiger partial charge in [0.1, 0.15) is 18.1 Å². The van der Waals surface area contributed by atoms with E-state index >= 15 is 0 Å². The Morgan fingerprint density at radius 2 is 2.25 bits per heavy atom. The number of nitrogens with zero attached hydrogens (tertiary/aromatic N) is 2. The fourth-order valence-electron chi connectivity index (χ4n) is 2.36. The van der Waals surface area contributed by atoms with Gasteiger partial charge in [-0.3, -0.25) is 0 Å². The van der Waals surface area contributed by atoms with Crippen molar-refractivity contribution in [2.45, 2.75) is 26.0 Å². The fraction of sp³-hybridized carbons (Fsp3) is 0.333. The van der Waals surface area contributed by atoms with Crippen LogP contribution in [0.5, 0.6) is 5.75 Å². The molecule has 0 bridgehead atoms. The Hall–Kier alpha value is -2.30. The van der Waals surface area contributed by atoms with Gasteiger partial charge in [-0.1, -0.05) is 18.2 Å². The van der Waals surface area contributed by atoms with Gasteiger partial charge in [0.25, 0.3) is 0 Å². The quantitative estimate of drug-likeness (QED) is 0.805. The van der Waals surface area contributed by atoms with Crippen LogP contribution in [0.3, 0.4) is 0 Å². The zero-order valence-corrected chi connectivity index (χ0v) is 11.4. The van der Waals surface area contributed by atoms with Crippen LogP contribution >= 0.6 is 0 Å². The lowest BCUT2D eigenvalue weighted by molar-refractivity contribution is 0.0363. The van der Waals surface area contributed by atoms with E-state index in [1.165, 1.54) is 6.20 Å². The van der Waals surface area contributed by atoms with Crippen LogP contribution in [-0.2, 0) is 4.74 Å². The summed E-state index contributed by atoms with van der Waals surface area (Å²) in [5.74, 6) is 0.497. The van der Waals surface area contributed by atoms with Crippen LogP contribution in [0.2, 0.25) is 0 Å². The zero-order chi connectivity index (χ0) is 14.1. The highest BCUT2D eigenvalue weighted by Gasteiger charge is 2.28. The van der Waals surface area contributed by atoms with E-state index in [1.807, 2.05) is 42.7 Å². The molecule has 1 atom stereocenters. The van der Waals surface area contributed by atoms with Crippen LogP contribution in [-0.4, -0.2) is 28.2 Å². The van der Waals surface area contributed by atoms with Crippen LogP contribution in [0.1, 0.15) is 35.9 Å². The summed E-state index contributed by atoms with van der Waals surface area (Å²) in [4.78, 5) is 16.2. The lowest BCUT2D eigenvalue weighted by Gasteiger charge is -2.15. The predicted octanol–water partition coefficient (Wildman–Crippen LogP) is 2.43. The van der Waals surface area contributed by atoms with Gasteiger partial charge in [-0.05, 0) is 19.9 Å². The topological polar surface area (TPSA) is 53.3 Å². The van der Waals surface area contributed by atoms with Crippen molar-refractivity contribution in [2.75, 3.05) is 6.61 Å². The van der Waals surface area contributed by atoms with Gasteiger partial charge in [0.05, 0.1) is 24.7 Å². The first kappa shape index (κ1) is 12.7. The van der Waals surface area contributed by atoms with Gasteiger partial charge >= 0.3 is 5.97 Å². The molecule has 5 heteroatoms. The summed E-state index contributed by atoms with van der Waals surface area (Å²) in [7, 11) is 0. The average Bonchev–Trinajstić information content (AvgIpc) is 3.03. The van der Waals surface area contributed by atoms with Crippen LogP contribution in [0.25, 0.3) is 0 Å². The molecule has 5 nitrogen and oxygen atoms in total. The number of fused-ring (bicyclic) bond motifs is 1. The monoisotopic (exact) mass is 272 g/mol. The van der Waals surface area contributed by atoms with Crippen LogP contribution in [0.4, 0.5) is 0 Å². The maximum absolute atomic E-state index is 12.1. The van der Waals surface area contributed by atoms with Gasteiger partial charge < -0.3 is 14.0 Å². The van der Waals surface area contributed by atoms with Gasteiger partial charge in [0.2, 0.25) is 0 Å². The Bertz CT molecular complexity index is 634. The Morgan fingerprint density at radius 3 is 3.05 bits per heavy atom. The summed E-state index contributed by atoms with van der Waals surface area (Å²) < 4.78 is 12.7. The van der Waals surface area contributed by atoms with Crippen molar-refractivity contribution >= 4 is 5.97 Å². The van der Waals surface area contributed by atoms with Crippen LogP contribution in [0.15, 0.2) is 36.8 Å². The highest BCUT2D eigenvalue weighted by atomic mass is 16.5. The van der Waals surface area contributed by atoms with Crippen LogP contribution in [0, 0.1) is 0 Å². The van der Waals surface area contributed by atoms with Gasteiger partial charge in [0, 0.05) is 5.56 Å². The molecule has 104 valence electrons. The van der Waals surface area contributed by atoms with Gasteiger partial charge in [0.15, 0.2) is 0 Å². The Kier molecular flexibility index (Phi) is 3.18. The number of carbonyl (C=O) groups excluding carboxylic acids is 1. The van der Waals surface area contributed by atoms with E-state index in [2.05, 4.69) is 4.98 Å². The predicted molar refractivity (Wildman–Crippen MR) is 72.9 cm³/mol. The number of aromatic nitrogens is 2. The van der Waals surface area contributed by atoms with E-state index in [-0.39, 0.29) is 18.1 Å². The number of esters is 1. The molecular formula is C15H16N2O3. The first-order valence-corrected chi connectivity index (χ1v) is 6.61. The maximum Gasteiger partial charge on any atom is 0.356 e. The number of hydrogen-bond acceptors (Lipinski definition) is 4. The van der Waals surface area contributed by atoms with E-state index in [1.54, 1.807) is 6.33 Å². The minimum Gasteiger partial charge on any atom is -0.491 e. The van der Waals surface area contributed by atoms with Crippen molar-refractivity contribution in [3.8, 4) is 5.75 Å². The van der Waals surface area contributed by atoms with E-state index in [4.69, 9.17) is 9.47 Å². The fourth-order valence-corrected chi connectivity index (χ4v) is 2.36. The number of benzene rings is 1. The highest BCUT2D eigenvalue weighted by Crippen LogP contribution is 2.35. The number of rotatable bonds is 3. The van der Waals surface area contributed by atoms with Crippen molar-refractivity contribution in [2.24, 2.45) is 0 Å². The largest absolute Gasteiger partial charge is 0.491 e. The molecule has 1 aliphatic rings. The van der Waals surface area contributed by atoms with E-state index in [0.717, 1.165) is 11.3 Å². The Labute approximate surface area is 117 Å². The summed E-state index contributed by atoms with van der Waals surface area (Å²) in [5, 5.41) is 0. The van der Waals surface area contributed by atoms with E-state index < -0.39 is 0 Å². The Balaban J connectivity index is 1.93. The second-order valence-corrected chi connectivity index (χ2v) is 5.00. The summed E-state index contributed by atoms with van der Waals surface area (Å²) >= 11 is 0. The normalized spacial score (nSPS) is 16.9. The second-order valence-electron chi connectivity index (χ2n) is 5.00. The second kappa shape index (κ2) is 5.00. The van der Waals surface area contributed by atoms with Crippen LogP contribution < -0.4 is 4.74 Å². The number of para-hydroxylation sites is 1. The number of imidazole rings is 1. The van der Waals surface area contributed by atoms with Crippen molar-refractivity contribution in [1.82, 2.24) is 9.55 Å². The molecule has 20 heavy (non-hydrogen) atoms. The molecule has 0 aliphatic carbocycles. The third-order valence-corrected chi connectivity index (χ3v) is 3.23. The minimum atomic E-state index is -0.359. The first-order chi connectivity index (χ1) is 9.66. The molecule has 0 saturated heterocycles. The molecule has 1 aliphatic heterocycles. The molecule has 3 rings (SSSR count). The molecular weight excluding hydrogens is 256 g/mol. The number of ether oxygens (including phenoxy) is 2. The standard InChI is InChI=1S/C15H16N2O3/c1-10(2)20-15(18)12-7-16-9-17(12)13-8-19-14-6-4-3-5-11(13)14/h3-7,9-10,13H,8H2,1-2H3/t13-/m1/s1. The third-order valence-electron chi connectivity index (χ3n) is 3.23. The van der Waals surface area contributed by atoms with Crippen molar-refractivity contribution in [3.63, 3.8) is 0 Å². The lowest BCUT2D eigenvalue weighted by atomic mass is 10.1. The van der Waals surface area contributed by atoms with Crippen molar-refractivity contribution in [3.05, 3.63) is 48.0 Å². The molecule has 0 fully saturated rings. The smallest absolute Gasteiger partial charge is 0.356 e. The average molecular weight is 272 g/mol. The molecule has 0 radical (unpaired) electrons. The van der Waals surface area contributed by atoms with E-state index in [9.17, 15) is 4.79 Å². The highest BCUT2D eigenvalue weighted by molar-refractivity contribution is 5.87. The van der Waals surface area contributed by atoms with Gasteiger partial charge in [-0.15, -0.1) is 0 Å². The van der Waals surface area contributed by atoms with Gasteiger partial charge in [-0.2, -0.15) is 0 Å². The van der Waals surface area contributed by atoms with E-state index in [0.29, 0.717) is 12.3 Å². The molecule has 1 aromatic heterocycles. The molecule has 2 aromatic rings. The molecule has 1 aromatic carbocycles. The summed E-state index contributed by atoms with van der Waals surface area (Å²) in [6.07, 6.45) is 3.02. The minimum absolute atomic E-state index is 0.0385. The summed E-state index contributed by atoms with van der Waals surface area (Å²) in [5.41, 5.74) is 1.51. The Morgan fingerprint density at radius 1 is 1.45 bits per heavy atom. The molecule has 0 N–H and O–H groups in total. The van der Waals surface area contributed by atoms with Gasteiger partial charge in [-0.25, -0.2) is 9.78 Å². The number of hydrogen-bond donors (Lipinski definition) is 0. The first-order valence-electron chi connectivity index (χ1n) is 6.61. The molecule has 0 spiro atoms.